The number of piperazine rings is 1. The first-order chi connectivity index (χ1) is 9.19. The van der Waals surface area contributed by atoms with Crippen molar-refractivity contribution >= 4 is 11.8 Å². The molecule has 19 heavy (non-hydrogen) atoms. The summed E-state index contributed by atoms with van der Waals surface area (Å²) in [4.78, 5) is 19.1. The van der Waals surface area contributed by atoms with Gasteiger partial charge in [-0.15, -0.1) is 0 Å². The maximum Gasteiger partial charge on any atom is 0.304 e. The van der Waals surface area contributed by atoms with Gasteiger partial charge >= 0.3 is 5.97 Å². The Balaban J connectivity index is 1.89. The Morgan fingerprint density at radius 2 is 2.16 bits per heavy atom. The highest BCUT2D eigenvalue weighted by atomic mass is 16.4. The molecule has 0 aromatic carbocycles. The van der Waals surface area contributed by atoms with Gasteiger partial charge in [-0.2, -0.15) is 5.26 Å². The summed E-state index contributed by atoms with van der Waals surface area (Å²) in [5.74, 6) is 0.0581. The van der Waals surface area contributed by atoms with Crippen LogP contribution in [-0.4, -0.2) is 53.7 Å². The van der Waals surface area contributed by atoms with Crippen molar-refractivity contribution in [1.29, 1.82) is 5.26 Å². The molecule has 0 bridgehead atoms. The molecule has 1 fully saturated rings. The predicted molar refractivity (Wildman–Crippen MR) is 69.9 cm³/mol. The van der Waals surface area contributed by atoms with Crippen LogP contribution in [0.5, 0.6) is 0 Å². The van der Waals surface area contributed by atoms with Crippen LogP contribution in [-0.2, 0) is 4.79 Å². The number of carbonyl (C=O) groups is 1. The van der Waals surface area contributed by atoms with Gasteiger partial charge in [0.2, 0.25) is 0 Å². The normalized spacial score (nSPS) is 16.1. The number of nitrogens with zero attached hydrogens (tertiary/aromatic N) is 4. The number of pyridine rings is 1. The minimum Gasteiger partial charge on any atom is -0.481 e. The summed E-state index contributed by atoms with van der Waals surface area (Å²) in [5.41, 5.74) is 0.610. The quantitative estimate of drug-likeness (QED) is 0.851. The van der Waals surface area contributed by atoms with E-state index in [1.54, 1.807) is 18.3 Å². The molecule has 1 aromatic heterocycles. The average Bonchev–Trinajstić information content (AvgIpc) is 2.45. The first kappa shape index (κ1) is 13.3. The van der Waals surface area contributed by atoms with Crippen molar-refractivity contribution < 1.29 is 9.90 Å². The lowest BCUT2D eigenvalue weighted by molar-refractivity contribution is -0.137. The molecule has 1 N–H and O–H groups in total. The van der Waals surface area contributed by atoms with Crippen molar-refractivity contribution in [2.75, 3.05) is 37.6 Å². The molecule has 0 saturated carbocycles. The molecular formula is C13H16N4O2. The predicted octanol–water partition coefficient (Wildman–Crippen LogP) is 0.550. The lowest BCUT2D eigenvalue weighted by atomic mass is 10.2. The van der Waals surface area contributed by atoms with Gasteiger partial charge < -0.3 is 10.0 Å². The number of anilines is 1. The molecule has 6 nitrogen and oxygen atoms in total. The molecule has 6 heteroatoms. The number of rotatable bonds is 4. The van der Waals surface area contributed by atoms with Gasteiger partial charge in [0.25, 0.3) is 0 Å². The first-order valence-electron chi connectivity index (χ1n) is 6.24. The van der Waals surface area contributed by atoms with Crippen molar-refractivity contribution in [3.05, 3.63) is 23.9 Å². The highest BCUT2D eigenvalue weighted by Crippen LogP contribution is 2.14. The summed E-state index contributed by atoms with van der Waals surface area (Å²) in [7, 11) is 0. The van der Waals surface area contributed by atoms with E-state index in [-0.39, 0.29) is 6.42 Å². The fourth-order valence-corrected chi connectivity index (χ4v) is 2.12. The smallest absolute Gasteiger partial charge is 0.304 e. The summed E-state index contributed by atoms with van der Waals surface area (Å²) < 4.78 is 0. The van der Waals surface area contributed by atoms with Gasteiger partial charge in [-0.05, 0) is 12.1 Å². The third-order valence-corrected chi connectivity index (χ3v) is 3.21. The molecule has 100 valence electrons. The fourth-order valence-electron chi connectivity index (χ4n) is 2.12. The maximum absolute atomic E-state index is 10.5. The molecule has 1 aromatic rings. The van der Waals surface area contributed by atoms with E-state index >= 15 is 0 Å². The van der Waals surface area contributed by atoms with E-state index in [1.807, 2.05) is 0 Å². The summed E-state index contributed by atoms with van der Waals surface area (Å²) in [6.07, 6.45) is 1.83. The molecule has 2 rings (SSSR count). The molecule has 1 aliphatic heterocycles. The fraction of sp³-hybridized carbons (Fsp3) is 0.462. The number of aliphatic carboxylic acids is 1. The second-order valence-corrected chi connectivity index (χ2v) is 4.49. The van der Waals surface area contributed by atoms with Gasteiger partial charge in [-0.1, -0.05) is 0 Å². The van der Waals surface area contributed by atoms with E-state index in [0.29, 0.717) is 12.1 Å². The minimum absolute atomic E-state index is 0.183. The summed E-state index contributed by atoms with van der Waals surface area (Å²) >= 11 is 0. The molecule has 0 spiro atoms. The van der Waals surface area contributed by atoms with Crippen LogP contribution >= 0.6 is 0 Å². The van der Waals surface area contributed by atoms with Gasteiger partial charge in [0, 0.05) is 38.9 Å². The molecule has 1 saturated heterocycles. The Hall–Kier alpha value is -2.13. The van der Waals surface area contributed by atoms with E-state index in [2.05, 4.69) is 20.9 Å². The van der Waals surface area contributed by atoms with Crippen LogP contribution < -0.4 is 4.90 Å². The van der Waals surface area contributed by atoms with Crippen LogP contribution in [0.1, 0.15) is 12.0 Å². The zero-order valence-corrected chi connectivity index (χ0v) is 10.6. The van der Waals surface area contributed by atoms with E-state index in [9.17, 15) is 4.79 Å². The average molecular weight is 260 g/mol. The number of nitriles is 1. The van der Waals surface area contributed by atoms with E-state index in [0.717, 1.165) is 32.0 Å². The van der Waals surface area contributed by atoms with Crippen LogP contribution in [0.3, 0.4) is 0 Å². The van der Waals surface area contributed by atoms with Crippen LogP contribution in [0, 0.1) is 11.3 Å². The second kappa shape index (κ2) is 6.16. The van der Waals surface area contributed by atoms with Gasteiger partial charge in [-0.3, -0.25) is 9.69 Å². The minimum atomic E-state index is -0.759. The lowest BCUT2D eigenvalue weighted by Gasteiger charge is -2.35. The summed E-state index contributed by atoms with van der Waals surface area (Å²) in [6, 6.07) is 5.58. The van der Waals surface area contributed by atoms with Crippen LogP contribution in [0.15, 0.2) is 18.3 Å². The Kier molecular flexibility index (Phi) is 4.31. The van der Waals surface area contributed by atoms with Crippen molar-refractivity contribution in [3.8, 4) is 6.07 Å². The van der Waals surface area contributed by atoms with Crippen molar-refractivity contribution in [2.24, 2.45) is 0 Å². The zero-order valence-electron chi connectivity index (χ0n) is 10.6. The van der Waals surface area contributed by atoms with Crippen molar-refractivity contribution in [3.63, 3.8) is 0 Å². The molecule has 0 aliphatic carbocycles. The standard InChI is InChI=1S/C13H16N4O2/c14-10-11-1-3-15-12(9-11)17-7-5-16(6-8-17)4-2-13(18)19/h1,3,9H,2,4-8H2,(H,18,19). The largest absolute Gasteiger partial charge is 0.481 e. The molecule has 2 heterocycles. The third-order valence-electron chi connectivity index (χ3n) is 3.21. The third kappa shape index (κ3) is 3.66. The second-order valence-electron chi connectivity index (χ2n) is 4.49. The maximum atomic E-state index is 10.5. The summed E-state index contributed by atoms with van der Waals surface area (Å²) in [6.45, 7) is 3.86. The van der Waals surface area contributed by atoms with E-state index in [1.165, 1.54) is 0 Å². The SMILES string of the molecule is N#Cc1ccnc(N2CCN(CCC(=O)O)CC2)c1. The Bertz CT molecular complexity index is 490. The Morgan fingerprint density at radius 3 is 2.79 bits per heavy atom. The number of carboxylic acid groups (broad SMARTS) is 1. The summed E-state index contributed by atoms with van der Waals surface area (Å²) in [5, 5.41) is 17.5. The van der Waals surface area contributed by atoms with Crippen molar-refractivity contribution in [1.82, 2.24) is 9.88 Å². The van der Waals surface area contributed by atoms with Crippen LogP contribution in [0.2, 0.25) is 0 Å². The topological polar surface area (TPSA) is 80.5 Å². The Morgan fingerprint density at radius 1 is 1.42 bits per heavy atom. The first-order valence-corrected chi connectivity index (χ1v) is 6.24. The molecular weight excluding hydrogens is 244 g/mol. The molecule has 1 aliphatic rings. The van der Waals surface area contributed by atoms with Crippen LogP contribution in [0.4, 0.5) is 5.82 Å². The van der Waals surface area contributed by atoms with Crippen LogP contribution in [0.25, 0.3) is 0 Å². The molecule has 0 radical (unpaired) electrons. The number of hydrogen-bond donors (Lipinski definition) is 1. The van der Waals surface area contributed by atoms with E-state index < -0.39 is 5.97 Å². The molecule has 0 atom stereocenters. The lowest BCUT2D eigenvalue weighted by Crippen LogP contribution is -2.47. The van der Waals surface area contributed by atoms with Gasteiger partial charge in [0.15, 0.2) is 0 Å². The van der Waals surface area contributed by atoms with Gasteiger partial charge in [0.1, 0.15) is 5.82 Å². The molecule has 0 amide bonds. The van der Waals surface area contributed by atoms with Gasteiger partial charge in [-0.25, -0.2) is 4.98 Å². The highest BCUT2D eigenvalue weighted by molar-refractivity contribution is 5.66. The number of hydrogen-bond acceptors (Lipinski definition) is 5. The monoisotopic (exact) mass is 260 g/mol. The number of aromatic nitrogens is 1. The number of carboxylic acids is 1. The highest BCUT2D eigenvalue weighted by Gasteiger charge is 2.18. The zero-order chi connectivity index (χ0) is 13.7. The van der Waals surface area contributed by atoms with Gasteiger partial charge in [0.05, 0.1) is 18.1 Å². The van der Waals surface area contributed by atoms with Crippen molar-refractivity contribution in [2.45, 2.75) is 6.42 Å². The van der Waals surface area contributed by atoms with E-state index in [4.69, 9.17) is 10.4 Å². The molecule has 0 unspecified atom stereocenters. The Labute approximate surface area is 111 Å².